The van der Waals surface area contributed by atoms with Crippen LogP contribution >= 0.6 is 11.3 Å². The topological polar surface area (TPSA) is 37.3 Å². The highest BCUT2D eigenvalue weighted by molar-refractivity contribution is 7.10. The molecule has 0 amide bonds. The van der Waals surface area contributed by atoms with E-state index in [0.717, 1.165) is 17.7 Å². The minimum Gasteiger partial charge on any atom is -0.481 e. The van der Waals surface area contributed by atoms with Gasteiger partial charge in [-0.15, -0.1) is 11.3 Å². The van der Waals surface area contributed by atoms with Gasteiger partial charge in [-0.1, -0.05) is 18.9 Å². The van der Waals surface area contributed by atoms with Gasteiger partial charge in [0, 0.05) is 4.88 Å². The van der Waals surface area contributed by atoms with Gasteiger partial charge < -0.3 is 5.11 Å². The largest absolute Gasteiger partial charge is 0.481 e. The van der Waals surface area contributed by atoms with Gasteiger partial charge in [0.05, 0.1) is 0 Å². The fourth-order valence-corrected chi connectivity index (χ4v) is 3.52. The molecule has 1 aromatic rings. The van der Waals surface area contributed by atoms with E-state index in [9.17, 15) is 9.90 Å². The molecule has 1 saturated carbocycles. The summed E-state index contributed by atoms with van der Waals surface area (Å²) in [7, 11) is 0. The van der Waals surface area contributed by atoms with Crippen molar-refractivity contribution in [1.82, 2.24) is 0 Å². The molecule has 0 bridgehead atoms. The lowest BCUT2D eigenvalue weighted by Crippen LogP contribution is -2.38. The maximum atomic E-state index is 11.5. The third-order valence-electron chi connectivity index (χ3n) is 3.65. The average molecular weight is 224 g/mol. The van der Waals surface area contributed by atoms with E-state index >= 15 is 0 Å². The van der Waals surface area contributed by atoms with E-state index in [2.05, 4.69) is 0 Å². The number of thiophene rings is 1. The molecule has 1 atom stereocenters. The molecule has 1 heterocycles. The first kappa shape index (κ1) is 10.7. The van der Waals surface area contributed by atoms with Gasteiger partial charge >= 0.3 is 5.97 Å². The van der Waals surface area contributed by atoms with Gasteiger partial charge in [-0.05, 0) is 37.1 Å². The standard InChI is InChI=1S/C12H16O2S/c1-12(11(13)14,9-5-2-3-6-9)10-7-4-8-15-10/h4,7-9H,2-3,5-6H2,1H3,(H,13,14)/t12-/m0/s1. The smallest absolute Gasteiger partial charge is 0.314 e. The second-order valence-electron chi connectivity index (χ2n) is 4.47. The van der Waals surface area contributed by atoms with E-state index < -0.39 is 11.4 Å². The van der Waals surface area contributed by atoms with Crippen LogP contribution in [-0.4, -0.2) is 11.1 Å². The first-order valence-electron chi connectivity index (χ1n) is 5.43. The number of carbonyl (C=O) groups is 1. The van der Waals surface area contributed by atoms with E-state index in [1.807, 2.05) is 24.4 Å². The second kappa shape index (κ2) is 3.97. The summed E-state index contributed by atoms with van der Waals surface area (Å²) in [5.41, 5.74) is -0.662. The Morgan fingerprint density at radius 3 is 2.67 bits per heavy atom. The highest BCUT2D eigenvalue weighted by atomic mass is 32.1. The summed E-state index contributed by atoms with van der Waals surface area (Å²) < 4.78 is 0. The van der Waals surface area contributed by atoms with Crippen molar-refractivity contribution >= 4 is 17.3 Å². The highest BCUT2D eigenvalue weighted by Gasteiger charge is 2.44. The number of carboxylic acid groups (broad SMARTS) is 1. The highest BCUT2D eigenvalue weighted by Crippen LogP contribution is 2.43. The summed E-state index contributed by atoms with van der Waals surface area (Å²) in [5.74, 6) is -0.356. The lowest BCUT2D eigenvalue weighted by atomic mass is 9.75. The normalized spacial score (nSPS) is 21.4. The predicted molar refractivity (Wildman–Crippen MR) is 61.3 cm³/mol. The number of aliphatic carboxylic acids is 1. The SMILES string of the molecule is C[C@@](C(=O)O)(c1cccs1)C1CCCC1. The zero-order chi connectivity index (χ0) is 10.9. The third kappa shape index (κ3) is 1.69. The first-order chi connectivity index (χ1) is 7.15. The second-order valence-corrected chi connectivity index (χ2v) is 5.41. The molecule has 2 rings (SSSR count). The first-order valence-corrected chi connectivity index (χ1v) is 6.31. The zero-order valence-corrected chi connectivity index (χ0v) is 9.72. The molecule has 82 valence electrons. The molecule has 1 aliphatic rings. The van der Waals surface area contributed by atoms with E-state index in [0.29, 0.717) is 5.92 Å². The van der Waals surface area contributed by atoms with Crippen LogP contribution in [0.4, 0.5) is 0 Å². The van der Waals surface area contributed by atoms with Crippen LogP contribution in [0.2, 0.25) is 0 Å². The minimum absolute atomic E-state index is 0.314. The maximum absolute atomic E-state index is 11.5. The monoisotopic (exact) mass is 224 g/mol. The molecule has 1 aromatic heterocycles. The molecule has 1 fully saturated rings. The third-order valence-corrected chi connectivity index (χ3v) is 4.76. The van der Waals surface area contributed by atoms with Gasteiger partial charge in [0.2, 0.25) is 0 Å². The molecule has 0 aromatic carbocycles. The molecular weight excluding hydrogens is 208 g/mol. The Bertz CT molecular complexity index is 339. The van der Waals surface area contributed by atoms with Gasteiger partial charge in [-0.3, -0.25) is 4.79 Å². The van der Waals surface area contributed by atoms with Crippen molar-refractivity contribution in [3.63, 3.8) is 0 Å². The van der Waals surface area contributed by atoms with Crippen LogP contribution in [0.3, 0.4) is 0 Å². The Kier molecular flexibility index (Phi) is 2.83. The van der Waals surface area contributed by atoms with Crippen molar-refractivity contribution in [2.75, 3.05) is 0 Å². The van der Waals surface area contributed by atoms with Crippen molar-refractivity contribution in [3.8, 4) is 0 Å². The zero-order valence-electron chi connectivity index (χ0n) is 8.90. The summed E-state index contributed by atoms with van der Waals surface area (Å²) in [6.45, 7) is 1.89. The molecule has 0 radical (unpaired) electrons. The van der Waals surface area contributed by atoms with Crippen LogP contribution in [0, 0.1) is 5.92 Å². The van der Waals surface area contributed by atoms with E-state index in [-0.39, 0.29) is 0 Å². The van der Waals surface area contributed by atoms with E-state index in [1.54, 1.807) is 11.3 Å². The minimum atomic E-state index is -0.670. The van der Waals surface area contributed by atoms with Crippen LogP contribution < -0.4 is 0 Å². The summed E-state index contributed by atoms with van der Waals surface area (Å²) in [5, 5.41) is 11.4. The Morgan fingerprint density at radius 2 is 2.20 bits per heavy atom. The quantitative estimate of drug-likeness (QED) is 0.855. The van der Waals surface area contributed by atoms with Crippen molar-refractivity contribution < 1.29 is 9.90 Å². The summed E-state index contributed by atoms with van der Waals surface area (Å²) in [6, 6.07) is 3.90. The van der Waals surface area contributed by atoms with Gasteiger partial charge in [0.15, 0.2) is 0 Å². The van der Waals surface area contributed by atoms with Crippen LogP contribution in [0.5, 0.6) is 0 Å². The van der Waals surface area contributed by atoms with Crippen molar-refractivity contribution in [3.05, 3.63) is 22.4 Å². The van der Waals surface area contributed by atoms with Gasteiger partial charge in [0.25, 0.3) is 0 Å². The Hall–Kier alpha value is -0.830. The number of carboxylic acids is 1. The van der Waals surface area contributed by atoms with Crippen molar-refractivity contribution in [2.24, 2.45) is 5.92 Å². The predicted octanol–water partition coefficient (Wildman–Crippen LogP) is 3.28. The van der Waals surface area contributed by atoms with Gasteiger partial charge in [-0.2, -0.15) is 0 Å². The van der Waals surface area contributed by atoms with Crippen LogP contribution in [0.15, 0.2) is 17.5 Å². The number of hydrogen-bond acceptors (Lipinski definition) is 2. The van der Waals surface area contributed by atoms with Crippen LogP contribution in [-0.2, 0) is 10.2 Å². The Labute approximate surface area is 93.9 Å². The molecule has 15 heavy (non-hydrogen) atoms. The van der Waals surface area contributed by atoms with Crippen LogP contribution in [0.25, 0.3) is 0 Å². The lowest BCUT2D eigenvalue weighted by molar-refractivity contribution is -0.145. The molecule has 0 aliphatic heterocycles. The molecule has 0 unspecified atom stereocenters. The molecule has 0 saturated heterocycles. The number of hydrogen-bond donors (Lipinski definition) is 1. The fourth-order valence-electron chi connectivity index (χ4n) is 2.56. The Balaban J connectivity index is 2.35. The molecule has 1 N–H and O–H groups in total. The number of rotatable bonds is 3. The summed E-state index contributed by atoms with van der Waals surface area (Å²) >= 11 is 1.56. The van der Waals surface area contributed by atoms with Crippen molar-refractivity contribution in [1.29, 1.82) is 0 Å². The summed E-state index contributed by atoms with van der Waals surface area (Å²) in [6.07, 6.45) is 4.47. The summed E-state index contributed by atoms with van der Waals surface area (Å²) in [4.78, 5) is 12.5. The average Bonchev–Trinajstić information content (AvgIpc) is 2.89. The van der Waals surface area contributed by atoms with Gasteiger partial charge in [-0.25, -0.2) is 0 Å². The lowest BCUT2D eigenvalue weighted by Gasteiger charge is -2.30. The van der Waals surface area contributed by atoms with Crippen LogP contribution in [0.1, 0.15) is 37.5 Å². The molecule has 1 aliphatic carbocycles. The van der Waals surface area contributed by atoms with E-state index in [4.69, 9.17) is 0 Å². The van der Waals surface area contributed by atoms with Gasteiger partial charge in [0.1, 0.15) is 5.41 Å². The fraction of sp³-hybridized carbons (Fsp3) is 0.583. The van der Waals surface area contributed by atoms with Crippen molar-refractivity contribution in [2.45, 2.75) is 38.0 Å². The van der Waals surface area contributed by atoms with E-state index in [1.165, 1.54) is 12.8 Å². The molecule has 3 heteroatoms. The maximum Gasteiger partial charge on any atom is 0.314 e. The molecular formula is C12H16O2S. The Morgan fingerprint density at radius 1 is 1.53 bits per heavy atom. The molecule has 2 nitrogen and oxygen atoms in total. The molecule has 0 spiro atoms.